The lowest BCUT2D eigenvalue weighted by molar-refractivity contribution is -0.156. The second-order valence-corrected chi connectivity index (χ2v) is 10.2. The number of aliphatic hydroxyl groups excluding tert-OH is 1. The van der Waals surface area contributed by atoms with Gasteiger partial charge in [-0.2, -0.15) is 4.98 Å². The van der Waals surface area contributed by atoms with Gasteiger partial charge in [0, 0.05) is 11.5 Å². The van der Waals surface area contributed by atoms with Crippen LogP contribution < -0.4 is 5.49 Å². The molecule has 1 fully saturated rings. The third kappa shape index (κ3) is 5.10. The summed E-state index contributed by atoms with van der Waals surface area (Å²) in [7, 11) is 0. The number of nitrogens with one attached hydrogen (secondary N) is 2. The fourth-order valence-corrected chi connectivity index (χ4v) is 4.31. The fraction of sp³-hybridized carbons (Fsp3) is 0.520. The highest BCUT2D eigenvalue weighted by atomic mass is 16.7. The van der Waals surface area contributed by atoms with Crippen molar-refractivity contribution in [2.24, 2.45) is 11.8 Å². The molecule has 3 aromatic rings. The normalized spacial score (nSPS) is 22.8. The van der Waals surface area contributed by atoms with Crippen molar-refractivity contribution in [2.75, 3.05) is 13.4 Å². The minimum atomic E-state index is -2.00. The summed E-state index contributed by atoms with van der Waals surface area (Å²) >= 11 is 0. The molecular weight excluding hydrogens is 530 g/mol. The molecule has 40 heavy (non-hydrogen) atoms. The number of aliphatic hydroxyl groups is 2. The van der Waals surface area contributed by atoms with Crippen LogP contribution in [0, 0.1) is 17.2 Å². The third-order valence-electron chi connectivity index (χ3n) is 6.51. The summed E-state index contributed by atoms with van der Waals surface area (Å²) in [6.45, 7) is 6.71. The molecule has 0 aromatic carbocycles. The van der Waals surface area contributed by atoms with Gasteiger partial charge < -0.3 is 39.3 Å². The van der Waals surface area contributed by atoms with Gasteiger partial charge in [-0.15, -0.1) is 0 Å². The number of H-pyrrole nitrogens is 1. The number of nitrogens with zero attached hydrogens (tertiary/aromatic N) is 3. The first kappa shape index (κ1) is 28.9. The molecule has 1 saturated heterocycles. The molecule has 3 aromatic heterocycles. The topological polar surface area (TPSA) is 219 Å². The van der Waals surface area contributed by atoms with Crippen molar-refractivity contribution < 1.29 is 48.7 Å². The lowest BCUT2D eigenvalue weighted by Crippen LogP contribution is -2.46. The van der Waals surface area contributed by atoms with Gasteiger partial charge in [-0.3, -0.25) is 19.6 Å². The van der Waals surface area contributed by atoms with Crippen molar-refractivity contribution in [2.45, 2.75) is 58.7 Å². The lowest BCUT2D eigenvalue weighted by atomic mass is 9.96. The molecule has 4 rings (SSSR count). The summed E-state index contributed by atoms with van der Waals surface area (Å²) in [5, 5.41) is 41.5. The first-order valence-corrected chi connectivity index (χ1v) is 12.5. The molecule has 216 valence electrons. The minimum Gasteiger partial charge on any atom is -0.493 e. The average Bonchev–Trinajstić information content (AvgIpc) is 3.21. The van der Waals surface area contributed by atoms with E-state index in [1.54, 1.807) is 27.7 Å². The molecule has 1 aliphatic rings. The van der Waals surface area contributed by atoms with Gasteiger partial charge in [-0.05, 0) is 6.92 Å². The predicted molar refractivity (Wildman–Crippen MR) is 134 cm³/mol. The highest BCUT2D eigenvalue weighted by Crippen LogP contribution is 2.40. The summed E-state index contributed by atoms with van der Waals surface area (Å²) in [6, 6.07) is 0.980. The third-order valence-corrected chi connectivity index (χ3v) is 6.51. The van der Waals surface area contributed by atoms with Gasteiger partial charge in [0.05, 0.1) is 29.1 Å². The van der Waals surface area contributed by atoms with Crippen LogP contribution >= 0.6 is 0 Å². The van der Waals surface area contributed by atoms with E-state index in [0.717, 1.165) is 10.6 Å². The maximum Gasteiger partial charge on any atom is 0.341 e. The molecular formula is C25H31N5O10. The fourth-order valence-electron chi connectivity index (χ4n) is 4.31. The Bertz CT molecular complexity index is 1530. The van der Waals surface area contributed by atoms with Crippen LogP contribution in [0.5, 0.6) is 5.88 Å². The average molecular weight is 562 g/mol. The molecule has 15 nitrogen and oxygen atoms in total. The lowest BCUT2D eigenvalue weighted by Gasteiger charge is -2.27. The van der Waals surface area contributed by atoms with E-state index in [1.165, 1.54) is 13.3 Å². The van der Waals surface area contributed by atoms with Crippen LogP contribution in [0.1, 0.15) is 51.2 Å². The molecule has 15 heteroatoms. The molecule has 0 aliphatic carbocycles. The Balaban J connectivity index is 1.80. The molecule has 4 atom stereocenters. The molecule has 0 amide bonds. The number of carbonyl (C=O) groups is 3. The molecule has 0 saturated carbocycles. The first-order chi connectivity index (χ1) is 18.7. The van der Waals surface area contributed by atoms with Gasteiger partial charge in [0.2, 0.25) is 12.7 Å². The van der Waals surface area contributed by atoms with Crippen molar-refractivity contribution in [3.63, 3.8) is 0 Å². The van der Waals surface area contributed by atoms with Crippen molar-refractivity contribution in [1.29, 1.82) is 5.41 Å². The first-order valence-electron chi connectivity index (χ1n) is 12.5. The van der Waals surface area contributed by atoms with Gasteiger partial charge in [0.15, 0.2) is 6.23 Å². The minimum absolute atomic E-state index is 0.0226. The number of carbonyl (C=O) groups excluding carboxylic acids is 3. The van der Waals surface area contributed by atoms with E-state index < -0.39 is 71.9 Å². The van der Waals surface area contributed by atoms with Crippen LogP contribution in [0.25, 0.3) is 22.1 Å². The van der Waals surface area contributed by atoms with Crippen LogP contribution in [-0.4, -0.2) is 84.0 Å². The predicted octanol–water partition coefficient (Wildman–Crippen LogP) is 0.620. The van der Waals surface area contributed by atoms with E-state index in [0.29, 0.717) is 0 Å². The van der Waals surface area contributed by atoms with Crippen molar-refractivity contribution in [3.05, 3.63) is 23.4 Å². The van der Waals surface area contributed by atoms with Gasteiger partial charge in [0.1, 0.15) is 41.2 Å². The molecule has 0 radical (unpaired) electrons. The van der Waals surface area contributed by atoms with Crippen LogP contribution in [-0.2, 0) is 28.5 Å². The van der Waals surface area contributed by atoms with Gasteiger partial charge in [-0.25, -0.2) is 9.78 Å². The van der Waals surface area contributed by atoms with Gasteiger partial charge in [-0.1, -0.05) is 27.7 Å². The van der Waals surface area contributed by atoms with Crippen molar-refractivity contribution in [3.8, 4) is 5.88 Å². The maximum atomic E-state index is 13.1. The van der Waals surface area contributed by atoms with Crippen LogP contribution in [0.3, 0.4) is 0 Å². The number of esters is 3. The van der Waals surface area contributed by atoms with Crippen LogP contribution in [0.4, 0.5) is 0 Å². The zero-order chi connectivity index (χ0) is 29.5. The maximum absolute atomic E-state index is 13.1. The summed E-state index contributed by atoms with van der Waals surface area (Å²) in [5.41, 5.74) is -2.64. The van der Waals surface area contributed by atoms with Gasteiger partial charge >= 0.3 is 17.9 Å². The number of aromatic hydroxyl groups is 1. The molecule has 5 N–H and O–H groups in total. The summed E-state index contributed by atoms with van der Waals surface area (Å²) < 4.78 is 22.2. The number of aromatic nitrogens is 4. The monoisotopic (exact) mass is 561 g/mol. The highest BCUT2D eigenvalue weighted by Gasteiger charge is 2.54. The Morgan fingerprint density at radius 1 is 1.15 bits per heavy atom. The molecule has 1 aliphatic heterocycles. The quantitative estimate of drug-likeness (QED) is 0.189. The molecule has 4 unspecified atom stereocenters. The number of rotatable bonds is 8. The number of ether oxygens (including phenoxy) is 4. The Morgan fingerprint density at radius 3 is 2.45 bits per heavy atom. The van der Waals surface area contributed by atoms with E-state index in [4.69, 9.17) is 24.4 Å². The van der Waals surface area contributed by atoms with Crippen molar-refractivity contribution >= 4 is 40.0 Å². The van der Waals surface area contributed by atoms with Crippen LogP contribution in [0.15, 0.2) is 12.4 Å². The standard InChI is InChI=1S/C25H31N5O10/c1-10(2)21(33)37-7-13-17(32)25(5,36)24(40-13)30-18(26)15-12(23(35)39-9-38-22(34)11(3)4)6-14(31)29-19-16(15)20(30)28-8-27-19/h6,8,10-11,13,17,24,26,31-32,36H,7,9H2,1-5H3,(H,27,28,29). The SMILES string of the molecule is CC(C)C(=O)OCOC(=O)c1cc(O)nc2[nH]cnc3c2c1c(=N)n3C1OC(COC(=O)C(C)C)C(O)C1(C)O. The van der Waals surface area contributed by atoms with E-state index in [9.17, 15) is 29.7 Å². The second kappa shape index (κ2) is 10.8. The van der Waals surface area contributed by atoms with E-state index in [-0.39, 0.29) is 34.2 Å². The Morgan fingerprint density at radius 2 is 1.80 bits per heavy atom. The Kier molecular flexibility index (Phi) is 7.83. The molecule has 4 heterocycles. The largest absolute Gasteiger partial charge is 0.493 e. The number of aromatic amines is 1. The zero-order valence-electron chi connectivity index (χ0n) is 22.5. The van der Waals surface area contributed by atoms with E-state index >= 15 is 0 Å². The Hall–Kier alpha value is -4.08. The zero-order valence-corrected chi connectivity index (χ0v) is 22.5. The van der Waals surface area contributed by atoms with E-state index in [2.05, 4.69) is 15.0 Å². The number of hydrogen-bond donors (Lipinski definition) is 5. The summed E-state index contributed by atoms with van der Waals surface area (Å²) in [6.07, 6.45) is -2.87. The molecule has 0 spiro atoms. The van der Waals surface area contributed by atoms with E-state index in [1.807, 2.05) is 0 Å². The number of hydrogen-bond acceptors (Lipinski definition) is 13. The summed E-state index contributed by atoms with van der Waals surface area (Å²) in [4.78, 5) is 47.8. The molecule has 0 bridgehead atoms. The summed E-state index contributed by atoms with van der Waals surface area (Å²) in [5.74, 6) is -3.63. The van der Waals surface area contributed by atoms with Gasteiger partial charge in [0.25, 0.3) is 0 Å². The van der Waals surface area contributed by atoms with Crippen molar-refractivity contribution in [1.82, 2.24) is 19.5 Å². The smallest absolute Gasteiger partial charge is 0.341 e. The highest BCUT2D eigenvalue weighted by molar-refractivity contribution is 6.13. The Labute approximate surface area is 227 Å². The second-order valence-electron chi connectivity index (χ2n) is 10.2. The van der Waals surface area contributed by atoms with Crippen LogP contribution in [0.2, 0.25) is 0 Å².